The van der Waals surface area contributed by atoms with Crippen molar-refractivity contribution >= 4 is 28.9 Å². The van der Waals surface area contributed by atoms with E-state index >= 15 is 0 Å². The van der Waals surface area contributed by atoms with Crippen molar-refractivity contribution in [1.82, 2.24) is 4.98 Å². The molecule has 142 valence electrons. The van der Waals surface area contributed by atoms with Gasteiger partial charge in [-0.3, -0.25) is 9.78 Å². The fraction of sp³-hybridized carbons (Fsp3) is 0.0952. The van der Waals surface area contributed by atoms with Gasteiger partial charge in [0.25, 0.3) is 5.91 Å². The van der Waals surface area contributed by atoms with Gasteiger partial charge in [0.05, 0.1) is 25.5 Å². The van der Waals surface area contributed by atoms with Crippen LogP contribution in [0.25, 0.3) is 0 Å². The molecule has 28 heavy (non-hydrogen) atoms. The number of rotatable bonds is 6. The number of para-hydroxylation sites is 2. The number of ether oxygens (including phenoxy) is 2. The summed E-state index contributed by atoms with van der Waals surface area (Å²) in [6.07, 6.45) is 1.54. The number of amides is 1. The smallest absolute Gasteiger partial charge is 0.337 e. The van der Waals surface area contributed by atoms with Crippen molar-refractivity contribution in [2.75, 3.05) is 24.9 Å². The van der Waals surface area contributed by atoms with Gasteiger partial charge in [-0.15, -0.1) is 0 Å². The Balaban J connectivity index is 1.76. The van der Waals surface area contributed by atoms with Gasteiger partial charge in [-0.05, 0) is 42.5 Å². The van der Waals surface area contributed by atoms with Gasteiger partial charge >= 0.3 is 5.97 Å². The van der Waals surface area contributed by atoms with Crippen molar-refractivity contribution in [3.8, 4) is 5.75 Å². The maximum atomic E-state index is 12.6. The molecule has 0 aliphatic rings. The number of methoxy groups -OCH3 is 2. The minimum absolute atomic E-state index is 0.225. The molecule has 7 heteroatoms. The third-order valence-electron chi connectivity index (χ3n) is 3.92. The molecule has 1 amide bonds. The number of carbonyl (C=O) groups is 2. The number of hydrogen-bond acceptors (Lipinski definition) is 6. The molecule has 0 aliphatic heterocycles. The average Bonchev–Trinajstić information content (AvgIpc) is 2.74. The Morgan fingerprint density at radius 1 is 0.929 bits per heavy atom. The van der Waals surface area contributed by atoms with Crippen LogP contribution in [0.5, 0.6) is 5.75 Å². The first-order chi connectivity index (χ1) is 13.6. The van der Waals surface area contributed by atoms with Crippen LogP contribution in [-0.2, 0) is 4.74 Å². The van der Waals surface area contributed by atoms with Gasteiger partial charge in [0.1, 0.15) is 11.4 Å². The molecule has 2 N–H and O–H groups in total. The van der Waals surface area contributed by atoms with Crippen LogP contribution in [0.4, 0.5) is 17.1 Å². The number of nitrogens with zero attached hydrogens (tertiary/aromatic N) is 1. The summed E-state index contributed by atoms with van der Waals surface area (Å²) in [4.78, 5) is 28.3. The summed E-state index contributed by atoms with van der Waals surface area (Å²) in [6, 6.07) is 17.3. The molecule has 0 atom stereocenters. The van der Waals surface area contributed by atoms with E-state index in [9.17, 15) is 9.59 Å². The van der Waals surface area contributed by atoms with Gasteiger partial charge in [-0.2, -0.15) is 0 Å². The van der Waals surface area contributed by atoms with Crippen molar-refractivity contribution in [1.29, 1.82) is 0 Å². The van der Waals surface area contributed by atoms with E-state index in [-0.39, 0.29) is 5.69 Å². The number of aromatic nitrogens is 1. The molecule has 0 saturated heterocycles. The highest BCUT2D eigenvalue weighted by atomic mass is 16.5. The summed E-state index contributed by atoms with van der Waals surface area (Å²) in [7, 11) is 2.89. The molecule has 0 aliphatic carbocycles. The van der Waals surface area contributed by atoms with Gasteiger partial charge in [-0.1, -0.05) is 18.2 Å². The average molecular weight is 377 g/mol. The number of carbonyl (C=O) groups excluding carboxylic acids is 2. The summed E-state index contributed by atoms with van der Waals surface area (Å²) < 4.78 is 10.0. The molecule has 3 rings (SSSR count). The van der Waals surface area contributed by atoms with Crippen LogP contribution in [0.1, 0.15) is 20.8 Å². The molecule has 0 fully saturated rings. The summed E-state index contributed by atoms with van der Waals surface area (Å²) in [5, 5.41) is 5.94. The van der Waals surface area contributed by atoms with Crippen LogP contribution in [0.2, 0.25) is 0 Å². The summed E-state index contributed by atoms with van der Waals surface area (Å²) in [6.45, 7) is 0. The summed E-state index contributed by atoms with van der Waals surface area (Å²) in [5.41, 5.74) is 2.50. The molecule has 2 aromatic carbocycles. The normalized spacial score (nSPS) is 10.1. The molecule has 3 aromatic rings. The zero-order valence-electron chi connectivity index (χ0n) is 15.4. The lowest BCUT2D eigenvalue weighted by molar-refractivity contribution is 0.0600. The Kier molecular flexibility index (Phi) is 5.86. The monoisotopic (exact) mass is 377 g/mol. The number of benzene rings is 2. The first-order valence-electron chi connectivity index (χ1n) is 8.46. The molecular weight excluding hydrogens is 358 g/mol. The van der Waals surface area contributed by atoms with E-state index < -0.39 is 11.9 Å². The van der Waals surface area contributed by atoms with Gasteiger partial charge < -0.3 is 20.1 Å². The topological polar surface area (TPSA) is 89.5 Å². The third-order valence-corrected chi connectivity index (χ3v) is 3.92. The van der Waals surface area contributed by atoms with Crippen LogP contribution in [0.15, 0.2) is 66.9 Å². The Morgan fingerprint density at radius 2 is 1.75 bits per heavy atom. The molecule has 0 saturated carbocycles. The molecule has 7 nitrogen and oxygen atoms in total. The van der Waals surface area contributed by atoms with E-state index in [1.165, 1.54) is 13.3 Å². The lowest BCUT2D eigenvalue weighted by Crippen LogP contribution is -2.14. The third kappa shape index (κ3) is 4.45. The van der Waals surface area contributed by atoms with Crippen LogP contribution in [-0.4, -0.2) is 31.1 Å². The number of pyridine rings is 1. The Bertz CT molecular complexity index is 1000. The number of hydrogen-bond donors (Lipinski definition) is 2. The molecule has 0 spiro atoms. The number of esters is 1. The van der Waals surface area contributed by atoms with Crippen LogP contribution in [0, 0.1) is 0 Å². The van der Waals surface area contributed by atoms with Crippen LogP contribution >= 0.6 is 0 Å². The van der Waals surface area contributed by atoms with Gasteiger partial charge in [0, 0.05) is 17.6 Å². The van der Waals surface area contributed by atoms with Crippen molar-refractivity contribution in [2.45, 2.75) is 0 Å². The molecule has 1 aromatic heterocycles. The molecule has 0 radical (unpaired) electrons. The predicted octanol–water partition coefficient (Wildman–Crippen LogP) is 3.87. The first kappa shape index (κ1) is 18.9. The van der Waals surface area contributed by atoms with Crippen LogP contribution in [0.3, 0.4) is 0 Å². The maximum absolute atomic E-state index is 12.6. The Labute approximate surface area is 162 Å². The summed E-state index contributed by atoms with van der Waals surface area (Å²) in [5.74, 6) is -0.187. The first-order valence-corrected chi connectivity index (χ1v) is 8.46. The quantitative estimate of drug-likeness (QED) is 0.634. The van der Waals surface area contributed by atoms with Crippen molar-refractivity contribution in [2.24, 2.45) is 0 Å². The lowest BCUT2D eigenvalue weighted by Gasteiger charge is -2.12. The molecular formula is C21H19N3O4. The predicted molar refractivity (Wildman–Crippen MR) is 106 cm³/mol. The maximum Gasteiger partial charge on any atom is 0.337 e. The van der Waals surface area contributed by atoms with E-state index in [2.05, 4.69) is 20.4 Å². The SMILES string of the molecule is COC(=O)c1cccc(NC(=O)c2cc(Nc3ccccc3OC)ccn2)c1. The van der Waals surface area contributed by atoms with E-state index in [1.807, 2.05) is 24.3 Å². The molecule has 1 heterocycles. The highest BCUT2D eigenvalue weighted by Gasteiger charge is 2.11. The molecule has 0 unspecified atom stereocenters. The minimum Gasteiger partial charge on any atom is -0.495 e. The largest absolute Gasteiger partial charge is 0.495 e. The Morgan fingerprint density at radius 3 is 2.54 bits per heavy atom. The fourth-order valence-corrected chi connectivity index (χ4v) is 2.57. The van der Waals surface area contributed by atoms with Crippen LogP contribution < -0.4 is 15.4 Å². The van der Waals surface area contributed by atoms with Gasteiger partial charge in [0.2, 0.25) is 0 Å². The highest BCUT2D eigenvalue weighted by molar-refractivity contribution is 6.04. The fourth-order valence-electron chi connectivity index (χ4n) is 2.57. The number of anilines is 3. The molecule has 0 bridgehead atoms. The van der Waals surface area contributed by atoms with Crippen molar-refractivity contribution in [3.05, 3.63) is 78.1 Å². The second-order valence-electron chi connectivity index (χ2n) is 5.78. The highest BCUT2D eigenvalue weighted by Crippen LogP contribution is 2.27. The minimum atomic E-state index is -0.475. The zero-order chi connectivity index (χ0) is 19.9. The lowest BCUT2D eigenvalue weighted by atomic mass is 10.2. The van der Waals surface area contributed by atoms with Crippen molar-refractivity contribution in [3.63, 3.8) is 0 Å². The van der Waals surface area contributed by atoms with E-state index in [4.69, 9.17) is 4.74 Å². The standard InChI is InChI=1S/C21H19N3O4/c1-27-19-9-4-3-8-17(19)23-16-10-11-22-18(13-16)20(25)24-15-7-5-6-14(12-15)21(26)28-2/h3-13H,1-2H3,(H,22,23)(H,24,25). The van der Waals surface area contributed by atoms with E-state index in [1.54, 1.807) is 43.5 Å². The van der Waals surface area contributed by atoms with E-state index in [0.29, 0.717) is 22.7 Å². The van der Waals surface area contributed by atoms with E-state index in [0.717, 1.165) is 5.69 Å². The summed E-state index contributed by atoms with van der Waals surface area (Å²) >= 11 is 0. The van der Waals surface area contributed by atoms with Gasteiger partial charge in [0.15, 0.2) is 0 Å². The number of nitrogens with one attached hydrogen (secondary N) is 2. The zero-order valence-corrected chi connectivity index (χ0v) is 15.4. The van der Waals surface area contributed by atoms with Gasteiger partial charge in [-0.25, -0.2) is 4.79 Å². The Hall–Kier alpha value is -3.87. The second-order valence-corrected chi connectivity index (χ2v) is 5.78. The second kappa shape index (κ2) is 8.68. The van der Waals surface area contributed by atoms with Crippen molar-refractivity contribution < 1.29 is 19.1 Å².